The molecule has 0 aliphatic carbocycles. The van der Waals surface area contributed by atoms with E-state index < -0.39 is 0 Å². The second-order valence-corrected chi connectivity index (χ2v) is 5.76. The van der Waals surface area contributed by atoms with Gasteiger partial charge in [-0.2, -0.15) is 0 Å². The first kappa shape index (κ1) is 17.3. The van der Waals surface area contributed by atoms with E-state index in [1.165, 1.54) is 42.1 Å². The number of carbonyl (C=O) groups is 1. The number of carbonyl (C=O) groups excluding carboxylic acids is 1. The summed E-state index contributed by atoms with van der Waals surface area (Å²) in [6.45, 7) is 3.19. The zero-order valence-electron chi connectivity index (χ0n) is 14.3. The second-order valence-electron chi connectivity index (χ2n) is 5.76. The maximum atomic E-state index is 13.1. The molecular weight excluding hydrogens is 335 g/mol. The highest BCUT2D eigenvalue weighted by molar-refractivity contribution is 5.89. The zero-order valence-corrected chi connectivity index (χ0v) is 14.3. The maximum absolute atomic E-state index is 13.1. The first-order valence-electron chi connectivity index (χ1n) is 7.93. The molecule has 0 spiro atoms. The van der Waals surface area contributed by atoms with E-state index in [1.54, 1.807) is 31.2 Å². The summed E-state index contributed by atoms with van der Waals surface area (Å²) in [4.78, 5) is 28.0. The van der Waals surface area contributed by atoms with Crippen LogP contribution in [0.3, 0.4) is 0 Å². The van der Waals surface area contributed by atoms with Crippen LogP contribution in [0.15, 0.2) is 58.3 Å². The average molecular weight is 352 g/mol. The van der Waals surface area contributed by atoms with Gasteiger partial charge in [0.1, 0.15) is 5.82 Å². The van der Waals surface area contributed by atoms with E-state index in [2.05, 4.69) is 15.4 Å². The number of aryl methyl sites for hydroxylation is 1. The van der Waals surface area contributed by atoms with E-state index in [1.807, 2.05) is 0 Å². The fourth-order valence-corrected chi connectivity index (χ4v) is 2.49. The van der Waals surface area contributed by atoms with Crippen LogP contribution in [0.4, 0.5) is 15.8 Å². The van der Waals surface area contributed by atoms with Crippen molar-refractivity contribution in [3.8, 4) is 5.69 Å². The van der Waals surface area contributed by atoms with Crippen LogP contribution in [0, 0.1) is 12.7 Å². The number of nitrogens with zero attached hydrogens (tertiary/aromatic N) is 2. The Bertz CT molecular complexity index is 1030. The lowest BCUT2D eigenvalue weighted by Crippen LogP contribution is -2.17. The summed E-state index contributed by atoms with van der Waals surface area (Å²) in [7, 11) is 0. The summed E-state index contributed by atoms with van der Waals surface area (Å²) >= 11 is 0. The van der Waals surface area contributed by atoms with Crippen molar-refractivity contribution in [3.05, 3.63) is 76.0 Å². The van der Waals surface area contributed by atoms with E-state index in [0.29, 0.717) is 28.3 Å². The Kier molecular flexibility index (Phi) is 4.79. The molecule has 0 aliphatic rings. The number of hydrogen-bond donors (Lipinski definition) is 2. The topological polar surface area (TPSA) is 79.2 Å². The largest absolute Gasteiger partial charge is 0.326 e. The number of rotatable bonds is 4. The first-order valence-corrected chi connectivity index (χ1v) is 7.93. The number of anilines is 1. The van der Waals surface area contributed by atoms with Crippen molar-refractivity contribution < 1.29 is 9.18 Å². The fourth-order valence-electron chi connectivity index (χ4n) is 2.49. The predicted octanol–water partition coefficient (Wildman–Crippen LogP) is 3.32. The third-order valence-electron chi connectivity index (χ3n) is 3.71. The van der Waals surface area contributed by atoms with Gasteiger partial charge in [-0.3, -0.25) is 19.7 Å². The van der Waals surface area contributed by atoms with Crippen molar-refractivity contribution in [2.45, 2.75) is 13.8 Å². The van der Waals surface area contributed by atoms with Crippen LogP contribution in [0.2, 0.25) is 0 Å². The third-order valence-corrected chi connectivity index (χ3v) is 3.71. The molecule has 0 fully saturated rings. The molecule has 2 N–H and O–H groups in total. The molecular formula is C19H17FN4O2. The van der Waals surface area contributed by atoms with Gasteiger partial charge in [0.25, 0.3) is 5.56 Å². The summed E-state index contributed by atoms with van der Waals surface area (Å²) in [6.07, 6.45) is 1.47. The van der Waals surface area contributed by atoms with E-state index in [4.69, 9.17) is 0 Å². The quantitative estimate of drug-likeness (QED) is 0.707. The Morgan fingerprint density at radius 3 is 2.65 bits per heavy atom. The molecule has 1 amide bonds. The molecule has 7 heteroatoms. The fraction of sp³-hybridized carbons (Fsp3) is 0.105. The maximum Gasteiger partial charge on any atom is 0.280 e. The van der Waals surface area contributed by atoms with Gasteiger partial charge in [-0.25, -0.2) is 9.07 Å². The molecule has 0 unspecified atom stereocenters. The van der Waals surface area contributed by atoms with Crippen LogP contribution >= 0.6 is 0 Å². The minimum atomic E-state index is -0.370. The number of aromatic amines is 1. The molecule has 0 bridgehead atoms. The van der Waals surface area contributed by atoms with Crippen molar-refractivity contribution >= 4 is 23.5 Å². The summed E-state index contributed by atoms with van der Waals surface area (Å²) in [5, 5.41) is 5.64. The van der Waals surface area contributed by atoms with Crippen molar-refractivity contribution in [1.29, 1.82) is 0 Å². The van der Waals surface area contributed by atoms with Crippen molar-refractivity contribution in [3.63, 3.8) is 0 Å². The summed E-state index contributed by atoms with van der Waals surface area (Å²) in [6, 6.07) is 12.6. The van der Waals surface area contributed by atoms with Gasteiger partial charge < -0.3 is 5.32 Å². The molecule has 2 aromatic carbocycles. The first-order chi connectivity index (χ1) is 12.4. The number of hydrogen-bond acceptors (Lipinski definition) is 3. The number of aliphatic imine (C=N–C) groups is 1. The van der Waals surface area contributed by atoms with Gasteiger partial charge in [-0.1, -0.05) is 6.07 Å². The van der Waals surface area contributed by atoms with Gasteiger partial charge in [0.05, 0.1) is 16.9 Å². The summed E-state index contributed by atoms with van der Waals surface area (Å²) in [5.41, 5.74) is 2.52. The van der Waals surface area contributed by atoms with Gasteiger partial charge in [-0.15, -0.1) is 0 Å². The molecule has 0 radical (unpaired) electrons. The normalized spacial score (nSPS) is 11.0. The number of aromatic nitrogens is 2. The smallest absolute Gasteiger partial charge is 0.280 e. The number of amides is 1. The van der Waals surface area contributed by atoms with Crippen LogP contribution in [0.25, 0.3) is 5.69 Å². The highest BCUT2D eigenvalue weighted by atomic mass is 19.1. The van der Waals surface area contributed by atoms with Gasteiger partial charge in [-0.05, 0) is 49.4 Å². The lowest BCUT2D eigenvalue weighted by Gasteiger charge is -2.02. The Hall–Kier alpha value is -3.48. The van der Waals surface area contributed by atoms with Gasteiger partial charge >= 0.3 is 0 Å². The number of nitrogens with one attached hydrogen (secondary N) is 2. The average Bonchev–Trinajstić information content (AvgIpc) is 2.88. The van der Waals surface area contributed by atoms with Crippen LogP contribution < -0.4 is 10.9 Å². The minimum Gasteiger partial charge on any atom is -0.326 e. The lowest BCUT2D eigenvalue weighted by atomic mass is 10.2. The highest BCUT2D eigenvalue weighted by Gasteiger charge is 2.10. The van der Waals surface area contributed by atoms with Crippen molar-refractivity contribution in [2.24, 2.45) is 4.99 Å². The number of H-pyrrole nitrogens is 1. The lowest BCUT2D eigenvalue weighted by molar-refractivity contribution is -0.114. The molecule has 132 valence electrons. The summed E-state index contributed by atoms with van der Waals surface area (Å²) in [5.74, 6) is -0.541. The number of benzene rings is 2. The molecule has 1 heterocycles. The molecule has 1 aromatic heterocycles. The Labute approximate surface area is 149 Å². The Morgan fingerprint density at radius 1 is 1.23 bits per heavy atom. The van der Waals surface area contributed by atoms with E-state index in [9.17, 15) is 14.0 Å². The van der Waals surface area contributed by atoms with Gasteiger partial charge in [0.15, 0.2) is 0 Å². The molecule has 0 atom stereocenters. The molecule has 26 heavy (non-hydrogen) atoms. The van der Waals surface area contributed by atoms with Gasteiger partial charge in [0.2, 0.25) is 5.91 Å². The molecule has 3 aromatic rings. The van der Waals surface area contributed by atoms with E-state index >= 15 is 0 Å². The summed E-state index contributed by atoms with van der Waals surface area (Å²) < 4.78 is 14.4. The molecule has 6 nitrogen and oxygen atoms in total. The monoisotopic (exact) mass is 352 g/mol. The van der Waals surface area contributed by atoms with Crippen molar-refractivity contribution in [2.75, 3.05) is 5.32 Å². The Balaban J connectivity index is 1.91. The van der Waals surface area contributed by atoms with Crippen molar-refractivity contribution in [1.82, 2.24) is 9.78 Å². The molecule has 0 aliphatic heterocycles. The molecule has 0 saturated carbocycles. The standard InChI is InChI=1S/C19H17FN4O2/c1-12-18(11-21-15-4-3-5-16(10-15)22-13(2)25)19(26)24(23-12)17-8-6-14(20)7-9-17/h3-11,23H,1-2H3,(H,22,25). The Morgan fingerprint density at radius 2 is 1.96 bits per heavy atom. The SMILES string of the molecule is CC(=O)Nc1cccc(N=Cc2c(C)[nH]n(-c3ccc(F)cc3)c2=O)c1. The van der Waals surface area contributed by atoms with Crippen LogP contribution in [0.5, 0.6) is 0 Å². The van der Waals surface area contributed by atoms with Crippen LogP contribution in [0.1, 0.15) is 18.2 Å². The molecule has 3 rings (SSSR count). The van der Waals surface area contributed by atoms with E-state index in [-0.39, 0.29) is 17.3 Å². The molecule has 0 saturated heterocycles. The minimum absolute atomic E-state index is 0.171. The van der Waals surface area contributed by atoms with Crippen LogP contribution in [-0.4, -0.2) is 21.9 Å². The predicted molar refractivity (Wildman–Crippen MR) is 99.1 cm³/mol. The van der Waals surface area contributed by atoms with E-state index in [0.717, 1.165) is 0 Å². The third kappa shape index (κ3) is 3.77. The second kappa shape index (κ2) is 7.18. The number of halogens is 1. The highest BCUT2D eigenvalue weighted by Crippen LogP contribution is 2.18. The van der Waals surface area contributed by atoms with Crippen LogP contribution in [-0.2, 0) is 4.79 Å². The van der Waals surface area contributed by atoms with Gasteiger partial charge in [0, 0.05) is 24.5 Å². The zero-order chi connectivity index (χ0) is 18.7.